The van der Waals surface area contributed by atoms with E-state index in [1.165, 1.54) is 54.0 Å². The molecule has 25 heteroatoms. The maximum absolute atomic E-state index is 15.2. The fraction of sp³-hybridized carbons (Fsp3) is 0.852. The van der Waals surface area contributed by atoms with Crippen molar-refractivity contribution < 1.29 is 66.9 Å². The number of cyclic esters (lactones) is 2. The molecule has 2 aliphatic rings. The number of amides is 8. The largest absolute Gasteiger partial charge is 0.417 e. The van der Waals surface area contributed by atoms with Crippen LogP contribution in [0, 0.1) is 41.4 Å². The van der Waals surface area contributed by atoms with E-state index in [4.69, 9.17) is 4.74 Å². The zero-order valence-corrected chi connectivity index (χ0v) is 55.7. The number of ether oxygens (including phenoxy) is 1. The summed E-state index contributed by atoms with van der Waals surface area (Å²) in [5.74, 6) is -11.1. The summed E-state index contributed by atoms with van der Waals surface area (Å²) >= 11 is 0. The van der Waals surface area contributed by atoms with Crippen LogP contribution in [0.3, 0.4) is 0 Å². The molecule has 0 aromatic rings. The van der Waals surface area contributed by atoms with Crippen LogP contribution in [0.4, 0.5) is 13.6 Å². The number of nitrogens with zero attached hydrogens (tertiary/aromatic N) is 7. The lowest BCUT2D eigenvalue weighted by Crippen LogP contribution is -2.64. The molecule has 86 heavy (non-hydrogen) atoms. The molecule has 0 bridgehead atoms. The molecular weight excluding hydrogens is 1120 g/mol. The van der Waals surface area contributed by atoms with Gasteiger partial charge in [0, 0.05) is 61.2 Å². The van der Waals surface area contributed by atoms with Gasteiger partial charge in [0.25, 0.3) is 5.92 Å². The van der Waals surface area contributed by atoms with Gasteiger partial charge in [0.05, 0.1) is 31.1 Å². The number of carbonyl (C=O) groups is 9. The van der Waals surface area contributed by atoms with Gasteiger partial charge in [-0.1, -0.05) is 90.0 Å². The number of likely N-dealkylation sites (N-methyl/N-ethyl adjacent to an activating group) is 5. The molecule has 12 atom stereocenters. The number of carbonyl (C=O) groups excluding carboxylic acids is 9. The quantitative estimate of drug-likeness (QED) is 0.0890. The Morgan fingerprint density at radius 3 is 1.53 bits per heavy atom. The van der Waals surface area contributed by atoms with Crippen LogP contribution in [0.2, 0.25) is 0 Å². The monoisotopic (exact) mass is 1230 g/mol. The third-order valence-corrected chi connectivity index (χ3v) is 16.5. The summed E-state index contributed by atoms with van der Waals surface area (Å²) in [6.45, 7) is 26.6. The van der Waals surface area contributed by atoms with Crippen molar-refractivity contribution in [3.05, 3.63) is 0 Å². The van der Waals surface area contributed by atoms with Gasteiger partial charge in [0.1, 0.15) is 42.3 Å². The van der Waals surface area contributed by atoms with Gasteiger partial charge in [-0.3, -0.25) is 48.7 Å². The zero-order valence-electron chi connectivity index (χ0n) is 55.7. The van der Waals surface area contributed by atoms with Gasteiger partial charge in [-0.05, 0) is 107 Å². The number of aliphatic hydroxyl groups is 2. The smallest absolute Gasteiger partial charge is 0.391 e. The molecule has 2 aliphatic heterocycles. The highest BCUT2D eigenvalue weighted by atomic mass is 19.3. The standard InChI is InChI=1S/C61H111F2N11O12/c1-34(2)28-43-56(81)72(20)50(39(11)12)58(83)73(21)51(52(77)40(13)22-25-74-26-23-61(62,63)24-27-74)55(80)67-49(42(15)75)57(82)68(16)33-48(76)69(17)44(29-35(3)4)54(79)66-47(32-38(9)10)71(19)46(31-37(7)8)64-41(14)59(84)86-60(85)70(18)45(30-36(5)6)53(78)65-43/h34-47,49-52,64,75,77H,22-33H2,1-21H3,(H,65,78)(H,66,79)(H,67,80)/t40-,41-,42-,43-,44+,45-,46-,47+,49?,50?,51?,52-/m1/s1. The molecule has 23 nitrogen and oxygen atoms in total. The SMILES string of the molecule is CC(C)C[C@@H]1C(=O)N[C@H](CC(C)C)C(=O)N(C)C(C(C)C)C(=O)N(C)C([C@H](O)[C@H](C)CCN2CCC(F)(F)CC2)C(=O)NC([C@@H](C)O)C(=O)N(C)CC(=O)N(C)[C@@H](CC(C)C)C(=O)N[C@H](CC(C)C)N(C)[C@H](CC(C)C)N[C@H](C)C(=O)OC(=O)N1C. The van der Waals surface area contributed by atoms with E-state index in [1.807, 2.05) is 79.0 Å². The Morgan fingerprint density at radius 1 is 0.570 bits per heavy atom. The summed E-state index contributed by atoms with van der Waals surface area (Å²) in [6, 6.07) is -9.62. The number of alkyl halides is 2. The Labute approximate surface area is 512 Å². The second-order valence-electron chi connectivity index (χ2n) is 27.0. The predicted octanol–water partition coefficient (Wildman–Crippen LogP) is 3.94. The third kappa shape index (κ3) is 23.1. The van der Waals surface area contributed by atoms with Gasteiger partial charge in [-0.25, -0.2) is 18.4 Å². The van der Waals surface area contributed by atoms with Crippen molar-refractivity contribution in [1.29, 1.82) is 0 Å². The van der Waals surface area contributed by atoms with Crippen molar-refractivity contribution in [3.8, 4) is 0 Å². The summed E-state index contributed by atoms with van der Waals surface area (Å²) in [6.07, 6.45) is -4.97. The molecule has 8 amide bonds. The maximum Gasteiger partial charge on any atom is 0.417 e. The lowest BCUT2D eigenvalue weighted by molar-refractivity contribution is -0.155. The lowest BCUT2D eigenvalue weighted by atomic mass is 9.91. The van der Waals surface area contributed by atoms with Crippen molar-refractivity contribution in [2.75, 3.05) is 68.5 Å². The Bertz CT molecular complexity index is 2250. The Balaban J connectivity index is 2.96. The van der Waals surface area contributed by atoms with E-state index < -0.39 is 145 Å². The van der Waals surface area contributed by atoms with Crippen LogP contribution in [-0.4, -0.2) is 239 Å². The summed E-state index contributed by atoms with van der Waals surface area (Å²) < 4.78 is 33.7. The first-order chi connectivity index (χ1) is 39.6. The normalized spacial score (nSPS) is 27.8. The van der Waals surface area contributed by atoms with E-state index in [-0.39, 0.29) is 87.7 Å². The molecule has 2 fully saturated rings. The molecular formula is C61H111F2N11O12. The molecule has 2 rings (SSSR count). The topological polar surface area (TPSA) is 274 Å². The highest BCUT2D eigenvalue weighted by molar-refractivity contribution is 5.98. The Morgan fingerprint density at radius 2 is 1.05 bits per heavy atom. The second-order valence-corrected chi connectivity index (χ2v) is 27.0. The zero-order chi connectivity index (χ0) is 66.2. The van der Waals surface area contributed by atoms with E-state index in [2.05, 4.69) is 21.3 Å². The van der Waals surface area contributed by atoms with Crippen LogP contribution in [0.15, 0.2) is 0 Å². The molecule has 0 aliphatic carbocycles. The van der Waals surface area contributed by atoms with Crippen molar-refractivity contribution in [2.24, 2.45) is 41.4 Å². The minimum Gasteiger partial charge on any atom is -0.391 e. The highest BCUT2D eigenvalue weighted by Gasteiger charge is 2.45. The average molecular weight is 1230 g/mol. The minimum absolute atomic E-state index is 0.0335. The number of likely N-dealkylation sites (tertiary alicyclic amines) is 1. The number of nitrogens with one attached hydrogen (secondary N) is 4. The van der Waals surface area contributed by atoms with Gasteiger partial charge < -0.3 is 55.4 Å². The number of piperidine rings is 1. The van der Waals surface area contributed by atoms with Crippen LogP contribution < -0.4 is 21.3 Å². The fourth-order valence-corrected chi connectivity index (χ4v) is 11.1. The number of aliphatic hydroxyl groups excluding tert-OH is 2. The van der Waals surface area contributed by atoms with E-state index in [9.17, 15) is 57.4 Å². The molecule has 2 heterocycles. The van der Waals surface area contributed by atoms with Crippen molar-refractivity contribution >= 4 is 53.4 Å². The molecule has 0 aromatic carbocycles. The molecule has 0 spiro atoms. The number of hydrogen-bond acceptors (Lipinski definition) is 15. The van der Waals surface area contributed by atoms with Crippen molar-refractivity contribution in [2.45, 2.75) is 228 Å². The first-order valence-electron chi connectivity index (χ1n) is 31.0. The van der Waals surface area contributed by atoms with Gasteiger partial charge in [-0.15, -0.1) is 0 Å². The van der Waals surface area contributed by atoms with Gasteiger partial charge >= 0.3 is 12.1 Å². The third-order valence-electron chi connectivity index (χ3n) is 16.5. The van der Waals surface area contributed by atoms with Gasteiger partial charge in [0.15, 0.2) is 0 Å². The molecule has 6 N–H and O–H groups in total. The summed E-state index contributed by atoms with van der Waals surface area (Å²) in [4.78, 5) is 140. The average Bonchev–Trinajstić information content (AvgIpc) is 2.22. The fourth-order valence-electron chi connectivity index (χ4n) is 11.1. The Kier molecular flexibility index (Phi) is 31.0. The van der Waals surface area contributed by atoms with Crippen molar-refractivity contribution in [1.82, 2.24) is 55.6 Å². The van der Waals surface area contributed by atoms with Crippen LogP contribution in [0.1, 0.15) is 155 Å². The first kappa shape index (κ1) is 77.0. The van der Waals surface area contributed by atoms with Crippen LogP contribution >= 0.6 is 0 Å². The van der Waals surface area contributed by atoms with Crippen LogP contribution in [-0.2, 0) is 43.1 Å². The van der Waals surface area contributed by atoms with E-state index in [0.717, 1.165) is 19.6 Å². The van der Waals surface area contributed by atoms with Gasteiger partial charge in [0.2, 0.25) is 41.4 Å². The number of halogens is 2. The molecule has 0 radical (unpaired) electrons. The molecule has 0 aromatic heterocycles. The first-order valence-corrected chi connectivity index (χ1v) is 31.0. The highest BCUT2D eigenvalue weighted by Crippen LogP contribution is 2.29. The number of hydrogen-bond donors (Lipinski definition) is 6. The van der Waals surface area contributed by atoms with Crippen LogP contribution in [0.5, 0.6) is 0 Å². The number of rotatable bonds is 17. The molecule has 0 saturated carbocycles. The summed E-state index contributed by atoms with van der Waals surface area (Å²) in [5.41, 5.74) is 0. The Hall–Kier alpha value is -5.11. The van der Waals surface area contributed by atoms with Crippen LogP contribution in [0.25, 0.3) is 0 Å². The molecule has 3 unspecified atom stereocenters. The number of esters is 1. The maximum atomic E-state index is 15.2. The second kappa shape index (κ2) is 34.6. The summed E-state index contributed by atoms with van der Waals surface area (Å²) in [7, 11) is 8.46. The predicted molar refractivity (Wildman–Crippen MR) is 324 cm³/mol. The molecule has 2 saturated heterocycles. The van der Waals surface area contributed by atoms with E-state index >= 15 is 4.79 Å². The lowest BCUT2D eigenvalue weighted by Gasteiger charge is -2.41. The van der Waals surface area contributed by atoms with E-state index in [0.29, 0.717) is 12.8 Å². The minimum atomic E-state index is -2.81. The summed E-state index contributed by atoms with van der Waals surface area (Å²) in [5, 5.41) is 35.4. The van der Waals surface area contributed by atoms with Gasteiger partial charge in [-0.2, -0.15) is 0 Å². The van der Waals surface area contributed by atoms with E-state index in [1.54, 1.807) is 27.8 Å². The molecule has 496 valence electrons. The van der Waals surface area contributed by atoms with Crippen molar-refractivity contribution in [3.63, 3.8) is 0 Å².